The molecular formula is C50H47BBr2N2O9. The summed E-state index contributed by atoms with van der Waals surface area (Å²) in [6, 6.07) is 55.5. The zero-order chi connectivity index (χ0) is 45.6. The first-order valence-electron chi connectivity index (χ1n) is 20.5. The van der Waals surface area contributed by atoms with E-state index in [1.54, 1.807) is 73.1 Å². The fourth-order valence-corrected chi connectivity index (χ4v) is 7.15. The Bertz CT molecular complexity index is 2270. The van der Waals surface area contributed by atoms with E-state index in [-0.39, 0.29) is 12.0 Å². The first-order chi connectivity index (χ1) is 31.1. The van der Waals surface area contributed by atoms with Crippen molar-refractivity contribution in [3.05, 3.63) is 225 Å². The van der Waals surface area contributed by atoms with E-state index in [4.69, 9.17) is 23.8 Å². The summed E-state index contributed by atoms with van der Waals surface area (Å²) in [4.78, 5) is 34.8. The van der Waals surface area contributed by atoms with Gasteiger partial charge >= 0.3 is 23.3 Å². The molecule has 0 unspecified atom stereocenters. The van der Waals surface area contributed by atoms with Gasteiger partial charge in [-0.2, -0.15) is 0 Å². The third-order valence-corrected chi connectivity index (χ3v) is 10.5. The molecule has 0 bridgehead atoms. The van der Waals surface area contributed by atoms with Crippen molar-refractivity contribution in [2.75, 3.05) is 19.8 Å². The molecule has 14 heteroatoms. The van der Waals surface area contributed by atoms with Crippen LogP contribution in [0.1, 0.15) is 64.4 Å². The molecule has 7 aromatic rings. The van der Waals surface area contributed by atoms with E-state index >= 15 is 0 Å². The molecule has 2 aromatic heterocycles. The van der Waals surface area contributed by atoms with Gasteiger partial charge in [-0.25, -0.2) is 9.59 Å². The maximum atomic E-state index is 12.1. The molecule has 0 aliphatic carbocycles. The maximum Gasteiger partial charge on any atom is 0.414 e. The number of hydrogen-bond donors (Lipinski definition) is 0. The molecule has 0 spiro atoms. The first-order valence-corrected chi connectivity index (χ1v) is 22.1. The van der Waals surface area contributed by atoms with Gasteiger partial charge in [0.25, 0.3) is 0 Å². The second-order valence-electron chi connectivity index (χ2n) is 13.6. The molecule has 2 heterocycles. The van der Waals surface area contributed by atoms with E-state index in [0.29, 0.717) is 42.5 Å². The van der Waals surface area contributed by atoms with Crippen LogP contribution >= 0.6 is 31.9 Å². The highest BCUT2D eigenvalue weighted by Crippen LogP contribution is 2.43. The molecule has 0 aliphatic heterocycles. The van der Waals surface area contributed by atoms with Gasteiger partial charge in [0.05, 0.1) is 7.32 Å². The summed E-state index contributed by atoms with van der Waals surface area (Å²) in [5.74, 6) is 0.0490. The Morgan fingerprint density at radius 1 is 0.531 bits per heavy atom. The summed E-state index contributed by atoms with van der Waals surface area (Å²) < 4.78 is 20.0. The normalized spacial score (nSPS) is 10.5. The molecular weight excluding hydrogens is 943 g/mol. The highest BCUT2D eigenvalue weighted by atomic mass is 79.9. The molecule has 0 saturated heterocycles. The molecule has 328 valence electrons. The van der Waals surface area contributed by atoms with E-state index in [2.05, 4.69) is 68.3 Å². The Kier molecular flexibility index (Phi) is 19.7. The number of hydrogen-bond acceptors (Lipinski definition) is 9. The molecule has 0 fully saturated rings. The predicted molar refractivity (Wildman–Crippen MR) is 246 cm³/mol. The standard InChI is InChI=1S/C22H21BO3.2C14H13BrNO3/c24-23(25)26-18-10-17-22(19-11-4-1-5-12-19,20-13-6-2-7-14-20)21-15-8-3-9-16-21;2*1-2-18-16-10-4-3-5-13(16)14(17)19-12-8-6-11(15)7-9-12/h1-9,11-16H,10,17-18H2;2*3-10H,2H2,1H3/q-2;2*+1. The number of aromatic nitrogens is 2. The van der Waals surface area contributed by atoms with Gasteiger partial charge in [0, 0.05) is 54.7 Å². The molecule has 7 rings (SSSR count). The molecule has 0 atom stereocenters. The minimum Gasteiger partial charge on any atom is -0.871 e. The Morgan fingerprint density at radius 2 is 0.891 bits per heavy atom. The molecule has 5 aromatic carbocycles. The second kappa shape index (κ2) is 25.8. The van der Waals surface area contributed by atoms with Crippen LogP contribution in [-0.2, 0) is 10.1 Å². The van der Waals surface area contributed by atoms with Gasteiger partial charge in [-0.05, 0) is 104 Å². The van der Waals surface area contributed by atoms with Crippen LogP contribution in [0.2, 0.25) is 0 Å². The van der Waals surface area contributed by atoms with Crippen LogP contribution in [0.25, 0.3) is 0 Å². The van der Waals surface area contributed by atoms with Crippen molar-refractivity contribution in [1.82, 2.24) is 0 Å². The monoisotopic (exact) mass is 988 g/mol. The lowest BCUT2D eigenvalue weighted by Crippen LogP contribution is -2.48. The molecule has 11 nitrogen and oxygen atoms in total. The van der Waals surface area contributed by atoms with Gasteiger partial charge in [0.2, 0.25) is 12.4 Å². The van der Waals surface area contributed by atoms with Crippen molar-refractivity contribution in [2.24, 2.45) is 0 Å². The van der Waals surface area contributed by atoms with Crippen LogP contribution in [0.3, 0.4) is 0 Å². The van der Waals surface area contributed by atoms with Crippen LogP contribution in [0.5, 0.6) is 11.5 Å². The highest BCUT2D eigenvalue weighted by molar-refractivity contribution is 9.10. The molecule has 64 heavy (non-hydrogen) atoms. The van der Waals surface area contributed by atoms with Crippen LogP contribution in [-0.4, -0.2) is 39.1 Å². The first kappa shape index (κ1) is 48.9. The number of carbonyl (C=O) groups is 2. The van der Waals surface area contributed by atoms with Crippen molar-refractivity contribution in [2.45, 2.75) is 32.1 Å². The van der Waals surface area contributed by atoms with Crippen LogP contribution in [0.4, 0.5) is 0 Å². The number of pyridine rings is 2. The molecule has 0 aliphatic rings. The number of rotatable bonds is 16. The highest BCUT2D eigenvalue weighted by Gasteiger charge is 2.35. The van der Waals surface area contributed by atoms with E-state index in [9.17, 15) is 19.6 Å². The summed E-state index contributed by atoms with van der Waals surface area (Å²) in [5, 5.41) is 21.4. The molecule has 0 radical (unpaired) electrons. The van der Waals surface area contributed by atoms with Crippen LogP contribution in [0.15, 0.2) is 197 Å². The fraction of sp³-hybridized carbons (Fsp3) is 0.160. The third-order valence-electron chi connectivity index (χ3n) is 9.40. The van der Waals surface area contributed by atoms with E-state index < -0.39 is 19.3 Å². The van der Waals surface area contributed by atoms with Crippen LogP contribution in [0, 0.1) is 0 Å². The van der Waals surface area contributed by atoms with E-state index in [1.807, 2.05) is 92.7 Å². The number of halogens is 2. The van der Waals surface area contributed by atoms with Crippen LogP contribution < -0.4 is 38.7 Å². The minimum atomic E-state index is -2.23. The second-order valence-corrected chi connectivity index (χ2v) is 15.4. The fourth-order valence-electron chi connectivity index (χ4n) is 6.62. The largest absolute Gasteiger partial charge is 0.871 e. The maximum absolute atomic E-state index is 12.1. The number of benzene rings is 5. The predicted octanol–water partition coefficient (Wildman–Crippen LogP) is 7.33. The quantitative estimate of drug-likeness (QED) is 0.0244. The van der Waals surface area contributed by atoms with Gasteiger partial charge in [-0.3, -0.25) is 9.68 Å². The Labute approximate surface area is 390 Å². The average molecular weight is 991 g/mol. The zero-order valence-corrected chi connectivity index (χ0v) is 38.5. The minimum absolute atomic E-state index is 0.159. The van der Waals surface area contributed by atoms with Crippen molar-refractivity contribution >= 4 is 51.1 Å². The van der Waals surface area contributed by atoms with E-state index in [0.717, 1.165) is 15.4 Å². The summed E-state index contributed by atoms with van der Waals surface area (Å²) in [6.45, 7) is 4.79. The lowest BCUT2D eigenvalue weighted by atomic mass is 9.67. The molecule has 0 N–H and O–H groups in total. The Hall–Kier alpha value is -6.16. The summed E-state index contributed by atoms with van der Waals surface area (Å²) in [5.41, 5.74) is 3.85. The van der Waals surface area contributed by atoms with Crippen molar-refractivity contribution in [3.8, 4) is 11.5 Å². The van der Waals surface area contributed by atoms with Gasteiger partial charge in [0.15, 0.2) is 13.2 Å². The summed E-state index contributed by atoms with van der Waals surface area (Å²) >= 11 is 6.65. The van der Waals surface area contributed by atoms with Crippen molar-refractivity contribution in [3.63, 3.8) is 0 Å². The number of nitrogens with zero attached hydrogens (tertiary/aromatic N) is 2. The SMILES string of the molecule is CCO[n+]1ccccc1C(=O)Oc1ccc(Br)cc1.CCO[n+]1ccccc1C(=O)Oc1ccc(Br)cc1.[O-]B([O-])OCCCC(c1ccccc1)(c1ccccc1)c1ccccc1. The Balaban J connectivity index is 0.000000184. The lowest BCUT2D eigenvalue weighted by Gasteiger charge is -2.37. The summed E-state index contributed by atoms with van der Waals surface area (Å²) in [6.07, 6.45) is 4.68. The molecule has 0 amide bonds. The van der Waals surface area contributed by atoms with Gasteiger partial charge in [-0.1, -0.05) is 123 Å². The zero-order valence-electron chi connectivity index (χ0n) is 35.3. The van der Waals surface area contributed by atoms with Crippen molar-refractivity contribution < 1.29 is 52.9 Å². The number of carbonyl (C=O) groups excluding carboxylic acids is 2. The van der Waals surface area contributed by atoms with Crippen molar-refractivity contribution in [1.29, 1.82) is 0 Å². The van der Waals surface area contributed by atoms with Gasteiger partial charge in [-0.15, -0.1) is 0 Å². The summed E-state index contributed by atoms with van der Waals surface area (Å²) in [7, 11) is -2.23. The third kappa shape index (κ3) is 14.4. The lowest BCUT2D eigenvalue weighted by molar-refractivity contribution is -0.892. The molecule has 0 saturated carbocycles. The smallest absolute Gasteiger partial charge is 0.414 e. The van der Waals surface area contributed by atoms with Gasteiger partial charge < -0.3 is 24.2 Å². The number of ether oxygens (including phenoxy) is 2. The Morgan fingerprint density at radius 3 is 1.23 bits per heavy atom. The number of esters is 2. The van der Waals surface area contributed by atoms with E-state index in [1.165, 1.54) is 26.2 Å². The van der Waals surface area contributed by atoms with Gasteiger partial charge in [0.1, 0.15) is 11.5 Å². The average Bonchev–Trinajstić information content (AvgIpc) is 3.32. The topological polar surface area (TPSA) is 134 Å².